The van der Waals surface area contributed by atoms with Gasteiger partial charge < -0.3 is 15.0 Å². The van der Waals surface area contributed by atoms with E-state index >= 15 is 0 Å². The minimum atomic E-state index is -0.415. The molecule has 1 aromatic rings. The molecule has 1 aromatic carbocycles. The van der Waals surface area contributed by atoms with E-state index in [2.05, 4.69) is 11.4 Å². The molecular formula is C17H24N2O2. The summed E-state index contributed by atoms with van der Waals surface area (Å²) in [5.41, 5.74) is 2.29. The van der Waals surface area contributed by atoms with E-state index in [4.69, 9.17) is 4.74 Å². The van der Waals surface area contributed by atoms with E-state index in [0.717, 1.165) is 44.5 Å². The van der Waals surface area contributed by atoms with Crippen molar-refractivity contribution in [2.75, 3.05) is 33.3 Å². The molecule has 0 spiro atoms. The molecule has 1 amide bonds. The van der Waals surface area contributed by atoms with Crippen LogP contribution in [0.15, 0.2) is 24.3 Å². The Kier molecular flexibility index (Phi) is 4.56. The minimum Gasteiger partial charge on any atom is -0.363 e. The van der Waals surface area contributed by atoms with E-state index in [-0.39, 0.29) is 5.91 Å². The topological polar surface area (TPSA) is 41.6 Å². The number of ether oxygens (including phenoxy) is 1. The Labute approximate surface area is 126 Å². The zero-order valence-electron chi connectivity index (χ0n) is 12.7. The van der Waals surface area contributed by atoms with Gasteiger partial charge >= 0.3 is 0 Å². The number of likely N-dealkylation sites (N-methyl/N-ethyl adjacent to an activating group) is 1. The van der Waals surface area contributed by atoms with Gasteiger partial charge in [0.1, 0.15) is 0 Å². The number of carbonyl (C=O) groups excluding carboxylic acids is 1. The summed E-state index contributed by atoms with van der Waals surface area (Å²) in [4.78, 5) is 14.6. The highest BCUT2D eigenvalue weighted by atomic mass is 16.5. The third-order valence-electron chi connectivity index (χ3n) is 4.58. The van der Waals surface area contributed by atoms with Crippen molar-refractivity contribution < 1.29 is 9.53 Å². The maximum atomic E-state index is 12.7. The van der Waals surface area contributed by atoms with Crippen LogP contribution in [0.1, 0.15) is 30.1 Å². The molecule has 1 unspecified atom stereocenters. The molecule has 0 bridgehead atoms. The van der Waals surface area contributed by atoms with Crippen molar-refractivity contribution >= 4 is 5.91 Å². The molecule has 0 radical (unpaired) electrons. The van der Waals surface area contributed by atoms with Gasteiger partial charge in [-0.15, -0.1) is 0 Å². The fourth-order valence-corrected chi connectivity index (χ4v) is 3.34. The summed E-state index contributed by atoms with van der Waals surface area (Å²) >= 11 is 0. The number of hydrogen-bond donors (Lipinski definition) is 1. The lowest BCUT2D eigenvalue weighted by Crippen LogP contribution is -2.40. The van der Waals surface area contributed by atoms with E-state index in [1.165, 1.54) is 5.56 Å². The van der Waals surface area contributed by atoms with Gasteiger partial charge in [-0.1, -0.05) is 24.3 Å². The van der Waals surface area contributed by atoms with E-state index in [1.54, 1.807) is 0 Å². The van der Waals surface area contributed by atoms with E-state index in [9.17, 15) is 4.79 Å². The zero-order valence-corrected chi connectivity index (χ0v) is 12.7. The molecule has 2 aliphatic rings. The van der Waals surface area contributed by atoms with Gasteiger partial charge in [-0.3, -0.25) is 4.79 Å². The van der Waals surface area contributed by atoms with Crippen molar-refractivity contribution in [2.24, 2.45) is 5.92 Å². The molecule has 3 rings (SSSR count). The Morgan fingerprint density at radius 2 is 2.10 bits per heavy atom. The van der Waals surface area contributed by atoms with Gasteiger partial charge in [-0.05, 0) is 49.4 Å². The molecule has 0 aliphatic carbocycles. The molecule has 2 heterocycles. The van der Waals surface area contributed by atoms with E-state index in [0.29, 0.717) is 12.5 Å². The predicted molar refractivity (Wildman–Crippen MR) is 82.1 cm³/mol. The first-order valence-corrected chi connectivity index (χ1v) is 7.91. The van der Waals surface area contributed by atoms with Crippen LogP contribution in [0.5, 0.6) is 0 Å². The number of amides is 1. The van der Waals surface area contributed by atoms with Crippen molar-refractivity contribution in [1.29, 1.82) is 0 Å². The highest BCUT2D eigenvalue weighted by molar-refractivity contribution is 5.82. The fraction of sp³-hybridized carbons (Fsp3) is 0.588. The summed E-state index contributed by atoms with van der Waals surface area (Å²) in [6.07, 6.45) is 2.79. The number of rotatable bonds is 3. The molecule has 21 heavy (non-hydrogen) atoms. The van der Waals surface area contributed by atoms with Gasteiger partial charge in [0.15, 0.2) is 6.10 Å². The van der Waals surface area contributed by atoms with Gasteiger partial charge in [0, 0.05) is 13.6 Å². The first-order chi connectivity index (χ1) is 10.3. The number of piperidine rings is 1. The lowest BCUT2D eigenvalue weighted by atomic mass is 9.95. The number of benzene rings is 1. The zero-order chi connectivity index (χ0) is 14.7. The number of fused-ring (bicyclic) bond motifs is 1. The summed E-state index contributed by atoms with van der Waals surface area (Å²) in [7, 11) is 1.91. The summed E-state index contributed by atoms with van der Waals surface area (Å²) < 4.78 is 5.77. The number of hydrogen-bond acceptors (Lipinski definition) is 3. The number of carbonyl (C=O) groups is 1. The first kappa shape index (κ1) is 14.5. The van der Waals surface area contributed by atoms with Crippen LogP contribution in [0, 0.1) is 5.92 Å². The Morgan fingerprint density at radius 1 is 1.33 bits per heavy atom. The largest absolute Gasteiger partial charge is 0.363 e. The number of nitrogens with one attached hydrogen (secondary N) is 1. The molecule has 1 atom stereocenters. The average molecular weight is 288 g/mol. The molecule has 4 nitrogen and oxygen atoms in total. The molecule has 0 saturated carbocycles. The second-order valence-electron chi connectivity index (χ2n) is 6.11. The summed E-state index contributed by atoms with van der Waals surface area (Å²) in [6.45, 7) is 3.60. The van der Waals surface area contributed by atoms with Crippen LogP contribution in [-0.4, -0.2) is 44.1 Å². The van der Waals surface area contributed by atoms with Crippen LogP contribution in [0.2, 0.25) is 0 Å². The summed E-state index contributed by atoms with van der Waals surface area (Å²) in [6, 6.07) is 8.14. The molecule has 1 N–H and O–H groups in total. The highest BCUT2D eigenvalue weighted by Crippen LogP contribution is 2.28. The maximum absolute atomic E-state index is 12.7. The van der Waals surface area contributed by atoms with E-state index < -0.39 is 6.10 Å². The second-order valence-corrected chi connectivity index (χ2v) is 6.11. The van der Waals surface area contributed by atoms with Crippen LogP contribution >= 0.6 is 0 Å². The van der Waals surface area contributed by atoms with Crippen LogP contribution in [0.25, 0.3) is 0 Å². The van der Waals surface area contributed by atoms with Crippen molar-refractivity contribution in [1.82, 2.24) is 10.2 Å². The molecule has 2 aliphatic heterocycles. The average Bonchev–Trinajstić information content (AvgIpc) is 2.54. The van der Waals surface area contributed by atoms with Crippen molar-refractivity contribution in [2.45, 2.75) is 25.4 Å². The van der Waals surface area contributed by atoms with Crippen LogP contribution < -0.4 is 5.32 Å². The standard InChI is InChI=1S/C17H24N2O2/c1-19(12-13-6-9-18-10-7-13)17(20)16-15-5-3-2-4-14(15)8-11-21-16/h2-5,13,16,18H,6-12H2,1H3. The molecule has 1 fully saturated rings. The molecule has 0 aromatic heterocycles. The Balaban J connectivity index is 1.67. The first-order valence-electron chi connectivity index (χ1n) is 7.91. The molecule has 4 heteroatoms. The third-order valence-corrected chi connectivity index (χ3v) is 4.58. The second kappa shape index (κ2) is 6.58. The highest BCUT2D eigenvalue weighted by Gasteiger charge is 2.30. The van der Waals surface area contributed by atoms with Gasteiger partial charge in [0.2, 0.25) is 0 Å². The van der Waals surface area contributed by atoms with Crippen LogP contribution in [0.4, 0.5) is 0 Å². The quantitative estimate of drug-likeness (QED) is 0.921. The molecular weight excluding hydrogens is 264 g/mol. The lowest BCUT2D eigenvalue weighted by molar-refractivity contribution is -0.144. The van der Waals surface area contributed by atoms with Gasteiger partial charge in [-0.25, -0.2) is 0 Å². The van der Waals surface area contributed by atoms with Gasteiger partial charge in [0.25, 0.3) is 5.91 Å². The van der Waals surface area contributed by atoms with Crippen LogP contribution in [-0.2, 0) is 16.0 Å². The van der Waals surface area contributed by atoms with Crippen LogP contribution in [0.3, 0.4) is 0 Å². The molecule has 114 valence electrons. The van der Waals surface area contributed by atoms with Gasteiger partial charge in [-0.2, -0.15) is 0 Å². The van der Waals surface area contributed by atoms with Crippen molar-refractivity contribution in [3.05, 3.63) is 35.4 Å². The Hall–Kier alpha value is -1.39. The lowest BCUT2D eigenvalue weighted by Gasteiger charge is -2.32. The monoisotopic (exact) mass is 288 g/mol. The maximum Gasteiger partial charge on any atom is 0.256 e. The SMILES string of the molecule is CN(CC1CCNCC1)C(=O)C1OCCc2ccccc21. The fourth-order valence-electron chi connectivity index (χ4n) is 3.34. The normalized spacial score (nSPS) is 22.6. The smallest absolute Gasteiger partial charge is 0.256 e. The van der Waals surface area contributed by atoms with E-state index in [1.807, 2.05) is 30.1 Å². The summed E-state index contributed by atoms with van der Waals surface area (Å²) in [5.74, 6) is 0.708. The summed E-state index contributed by atoms with van der Waals surface area (Å²) in [5, 5.41) is 3.37. The van der Waals surface area contributed by atoms with Crippen molar-refractivity contribution in [3.8, 4) is 0 Å². The predicted octanol–water partition coefficient (Wildman–Crippen LogP) is 1.76. The Morgan fingerprint density at radius 3 is 2.90 bits per heavy atom. The number of nitrogens with zero attached hydrogens (tertiary/aromatic N) is 1. The van der Waals surface area contributed by atoms with Gasteiger partial charge in [0.05, 0.1) is 6.61 Å². The van der Waals surface area contributed by atoms with Crippen molar-refractivity contribution in [3.63, 3.8) is 0 Å². The minimum absolute atomic E-state index is 0.0979. The molecule has 1 saturated heterocycles. The Bertz CT molecular complexity index is 497. The third kappa shape index (κ3) is 3.27.